The molecule has 1 unspecified atom stereocenters. The van der Waals surface area contributed by atoms with Gasteiger partial charge < -0.3 is 10.2 Å². The summed E-state index contributed by atoms with van der Waals surface area (Å²) in [5.74, 6) is 0. The smallest absolute Gasteiger partial charge is 0.0372 e. The Kier molecular flexibility index (Phi) is 3.67. The maximum Gasteiger partial charge on any atom is 0.0372 e. The lowest BCUT2D eigenvalue weighted by Crippen LogP contribution is -2.56. The van der Waals surface area contributed by atoms with Crippen LogP contribution in [0.15, 0.2) is 18.2 Å². The summed E-state index contributed by atoms with van der Waals surface area (Å²) in [5.41, 5.74) is 4.41. The molecule has 1 aliphatic rings. The number of aryl methyl sites for hydroxylation is 2. The van der Waals surface area contributed by atoms with Crippen molar-refractivity contribution in [1.82, 2.24) is 5.32 Å². The van der Waals surface area contributed by atoms with Crippen molar-refractivity contribution in [2.24, 2.45) is 5.41 Å². The number of piperazine rings is 1. The van der Waals surface area contributed by atoms with Crippen LogP contribution in [-0.4, -0.2) is 25.7 Å². The highest BCUT2D eigenvalue weighted by Crippen LogP contribution is 2.26. The topological polar surface area (TPSA) is 15.3 Å². The van der Waals surface area contributed by atoms with Gasteiger partial charge in [-0.2, -0.15) is 0 Å². The summed E-state index contributed by atoms with van der Waals surface area (Å²) in [6.07, 6.45) is 0. The molecule has 0 saturated carbocycles. The van der Waals surface area contributed by atoms with Crippen LogP contribution in [-0.2, 0) is 0 Å². The molecular weight excluding hydrogens is 220 g/mol. The van der Waals surface area contributed by atoms with Crippen molar-refractivity contribution < 1.29 is 0 Å². The molecule has 1 aromatic carbocycles. The highest BCUT2D eigenvalue weighted by molar-refractivity contribution is 5.51. The molecular formula is C16H26N2. The molecule has 1 N–H and O–H groups in total. The Morgan fingerprint density at radius 3 is 2.28 bits per heavy atom. The molecule has 1 aliphatic heterocycles. The van der Waals surface area contributed by atoms with E-state index in [9.17, 15) is 0 Å². The Hall–Kier alpha value is -1.02. The normalized spacial score (nSPS) is 21.2. The van der Waals surface area contributed by atoms with Gasteiger partial charge in [-0.15, -0.1) is 0 Å². The number of hydrogen-bond donors (Lipinski definition) is 1. The van der Waals surface area contributed by atoms with Gasteiger partial charge in [0.2, 0.25) is 0 Å². The highest BCUT2D eigenvalue weighted by Gasteiger charge is 2.29. The fourth-order valence-corrected chi connectivity index (χ4v) is 2.70. The van der Waals surface area contributed by atoms with Crippen molar-refractivity contribution in [2.75, 3.05) is 24.5 Å². The minimum absolute atomic E-state index is 0.317. The number of nitrogens with zero attached hydrogens (tertiary/aromatic N) is 1. The van der Waals surface area contributed by atoms with E-state index < -0.39 is 0 Å². The van der Waals surface area contributed by atoms with Gasteiger partial charge in [0, 0.05) is 31.4 Å². The van der Waals surface area contributed by atoms with Crippen LogP contribution in [0.25, 0.3) is 0 Å². The Morgan fingerprint density at radius 2 is 1.72 bits per heavy atom. The molecule has 1 aromatic rings. The van der Waals surface area contributed by atoms with Crippen LogP contribution in [0.3, 0.4) is 0 Å². The third kappa shape index (κ3) is 3.05. The molecule has 100 valence electrons. The standard InChI is InChI=1S/C16H26N2/c1-12-8-13(2)10-14(9-12)18-7-6-17-15(11-18)16(3,4)5/h8-10,15,17H,6-7,11H2,1-5H3. The molecule has 0 aliphatic carbocycles. The Morgan fingerprint density at radius 1 is 1.11 bits per heavy atom. The molecule has 1 heterocycles. The van der Waals surface area contributed by atoms with Gasteiger partial charge in [-0.25, -0.2) is 0 Å². The van der Waals surface area contributed by atoms with Gasteiger partial charge in [0.25, 0.3) is 0 Å². The molecule has 2 heteroatoms. The largest absolute Gasteiger partial charge is 0.369 e. The Labute approximate surface area is 111 Å². The lowest BCUT2D eigenvalue weighted by atomic mass is 9.85. The first-order chi connectivity index (χ1) is 8.36. The summed E-state index contributed by atoms with van der Waals surface area (Å²) in [4.78, 5) is 2.52. The number of hydrogen-bond acceptors (Lipinski definition) is 2. The van der Waals surface area contributed by atoms with E-state index in [4.69, 9.17) is 0 Å². The van der Waals surface area contributed by atoms with Crippen molar-refractivity contribution in [3.05, 3.63) is 29.3 Å². The van der Waals surface area contributed by atoms with Gasteiger partial charge in [0.05, 0.1) is 0 Å². The summed E-state index contributed by atoms with van der Waals surface area (Å²) >= 11 is 0. The molecule has 1 fully saturated rings. The van der Waals surface area contributed by atoms with Crippen molar-refractivity contribution in [3.8, 4) is 0 Å². The van der Waals surface area contributed by atoms with Crippen molar-refractivity contribution >= 4 is 5.69 Å². The third-order valence-corrected chi connectivity index (χ3v) is 3.79. The average Bonchev–Trinajstić information content (AvgIpc) is 2.27. The first kappa shape index (κ1) is 13.4. The minimum Gasteiger partial charge on any atom is -0.369 e. The van der Waals surface area contributed by atoms with Gasteiger partial charge in [-0.3, -0.25) is 0 Å². The molecule has 1 saturated heterocycles. The minimum atomic E-state index is 0.317. The molecule has 0 aromatic heterocycles. The zero-order chi connectivity index (χ0) is 13.3. The van der Waals surface area contributed by atoms with Crippen LogP contribution in [0.5, 0.6) is 0 Å². The van der Waals surface area contributed by atoms with Gasteiger partial charge in [-0.1, -0.05) is 26.8 Å². The fourth-order valence-electron chi connectivity index (χ4n) is 2.70. The monoisotopic (exact) mass is 246 g/mol. The average molecular weight is 246 g/mol. The number of rotatable bonds is 1. The van der Waals surface area contributed by atoms with Crippen LogP contribution in [0.4, 0.5) is 5.69 Å². The number of anilines is 1. The van der Waals surface area contributed by atoms with Gasteiger partial charge >= 0.3 is 0 Å². The van der Waals surface area contributed by atoms with Crippen molar-refractivity contribution in [2.45, 2.75) is 40.7 Å². The van der Waals surface area contributed by atoms with E-state index >= 15 is 0 Å². The van der Waals surface area contributed by atoms with E-state index in [0.29, 0.717) is 11.5 Å². The second-order valence-electron chi connectivity index (χ2n) is 6.66. The van der Waals surface area contributed by atoms with Gasteiger partial charge in [0.1, 0.15) is 0 Å². The van der Waals surface area contributed by atoms with E-state index in [1.807, 2.05) is 0 Å². The molecule has 2 nitrogen and oxygen atoms in total. The maximum atomic E-state index is 3.65. The molecule has 0 bridgehead atoms. The SMILES string of the molecule is Cc1cc(C)cc(N2CCNC(C(C)(C)C)C2)c1. The molecule has 1 atom stereocenters. The summed E-state index contributed by atoms with van der Waals surface area (Å²) in [5, 5.41) is 3.65. The Balaban J connectivity index is 2.18. The van der Waals surface area contributed by atoms with Crippen LogP contribution in [0, 0.1) is 19.3 Å². The summed E-state index contributed by atoms with van der Waals surface area (Å²) in [6.45, 7) is 14.6. The van der Waals surface area contributed by atoms with Gasteiger partial charge in [0.15, 0.2) is 0 Å². The van der Waals surface area contributed by atoms with E-state index in [1.165, 1.54) is 16.8 Å². The predicted molar refractivity (Wildman–Crippen MR) is 79.4 cm³/mol. The summed E-state index contributed by atoms with van der Waals surface area (Å²) in [7, 11) is 0. The molecule has 2 rings (SSSR count). The van der Waals surface area contributed by atoms with E-state index in [0.717, 1.165) is 19.6 Å². The summed E-state index contributed by atoms with van der Waals surface area (Å²) in [6, 6.07) is 7.41. The predicted octanol–water partition coefficient (Wildman–Crippen LogP) is 3.13. The Bertz CT molecular complexity index is 397. The highest BCUT2D eigenvalue weighted by atomic mass is 15.2. The van der Waals surface area contributed by atoms with Crippen LogP contribution >= 0.6 is 0 Å². The van der Waals surface area contributed by atoms with Crippen LogP contribution in [0.1, 0.15) is 31.9 Å². The molecule has 18 heavy (non-hydrogen) atoms. The van der Waals surface area contributed by atoms with Crippen LogP contribution < -0.4 is 10.2 Å². The van der Waals surface area contributed by atoms with Crippen molar-refractivity contribution in [1.29, 1.82) is 0 Å². The van der Waals surface area contributed by atoms with Crippen LogP contribution in [0.2, 0.25) is 0 Å². The second-order valence-corrected chi connectivity index (χ2v) is 6.66. The second kappa shape index (κ2) is 4.93. The molecule has 0 spiro atoms. The summed E-state index contributed by atoms with van der Waals surface area (Å²) < 4.78 is 0. The quantitative estimate of drug-likeness (QED) is 0.819. The lowest BCUT2D eigenvalue weighted by Gasteiger charge is -2.41. The maximum absolute atomic E-state index is 3.65. The number of nitrogens with one attached hydrogen (secondary N) is 1. The van der Waals surface area contributed by atoms with E-state index in [-0.39, 0.29) is 0 Å². The molecule has 0 amide bonds. The fraction of sp³-hybridized carbons (Fsp3) is 0.625. The van der Waals surface area contributed by atoms with E-state index in [2.05, 4.69) is 63.0 Å². The number of benzene rings is 1. The van der Waals surface area contributed by atoms with Gasteiger partial charge in [-0.05, 0) is 42.5 Å². The van der Waals surface area contributed by atoms with E-state index in [1.54, 1.807) is 0 Å². The zero-order valence-electron chi connectivity index (χ0n) is 12.4. The lowest BCUT2D eigenvalue weighted by molar-refractivity contribution is 0.254. The first-order valence-corrected chi connectivity index (χ1v) is 6.93. The first-order valence-electron chi connectivity index (χ1n) is 6.93. The van der Waals surface area contributed by atoms with Crippen molar-refractivity contribution in [3.63, 3.8) is 0 Å². The molecule has 0 radical (unpaired) electrons. The third-order valence-electron chi connectivity index (χ3n) is 3.79. The zero-order valence-corrected chi connectivity index (χ0v) is 12.4.